The van der Waals surface area contributed by atoms with Crippen molar-refractivity contribution >= 4 is 22.4 Å². The van der Waals surface area contributed by atoms with Crippen LogP contribution in [0.15, 0.2) is 0 Å². The molecule has 0 spiro atoms. The van der Waals surface area contributed by atoms with E-state index in [1.54, 1.807) is 18.3 Å². The highest BCUT2D eigenvalue weighted by molar-refractivity contribution is 7.15. The Bertz CT molecular complexity index is 446. The first-order valence-electron chi connectivity index (χ1n) is 6.96. The molecule has 1 rings (SSSR count). The van der Waals surface area contributed by atoms with Crippen LogP contribution >= 0.6 is 11.3 Å². The molecule has 0 aromatic carbocycles. The highest BCUT2D eigenvalue weighted by Crippen LogP contribution is 2.27. The molecule has 0 saturated carbocycles. The highest BCUT2D eigenvalue weighted by Gasteiger charge is 2.22. The Hall–Kier alpha value is -1.14. The lowest BCUT2D eigenvalue weighted by Gasteiger charge is -2.29. The van der Waals surface area contributed by atoms with Gasteiger partial charge in [0.05, 0.1) is 6.61 Å². The molecule has 0 amide bonds. The summed E-state index contributed by atoms with van der Waals surface area (Å²) in [5, 5.41) is 0.891. The van der Waals surface area contributed by atoms with Crippen LogP contribution in [0, 0.1) is 6.92 Å². The summed E-state index contributed by atoms with van der Waals surface area (Å²) in [4.78, 5) is 21.6. The molecule has 114 valence electrons. The van der Waals surface area contributed by atoms with Gasteiger partial charge in [0.2, 0.25) is 0 Å². The van der Waals surface area contributed by atoms with Crippen molar-refractivity contribution in [3.05, 3.63) is 10.6 Å². The number of carbonyl (C=O) groups excluding carboxylic acids is 1. The van der Waals surface area contributed by atoms with E-state index in [0.29, 0.717) is 18.3 Å². The van der Waals surface area contributed by atoms with Crippen LogP contribution in [-0.2, 0) is 4.74 Å². The van der Waals surface area contributed by atoms with Crippen LogP contribution in [0.1, 0.15) is 36.1 Å². The normalized spacial score (nSPS) is 12.6. The number of anilines is 1. The number of carbonyl (C=O) groups is 1. The number of ether oxygens (including phenoxy) is 1. The van der Waals surface area contributed by atoms with Gasteiger partial charge in [-0.1, -0.05) is 0 Å². The Labute approximate surface area is 125 Å². The van der Waals surface area contributed by atoms with Gasteiger partial charge in [-0.15, -0.1) is 11.3 Å². The molecule has 1 aromatic heterocycles. The van der Waals surface area contributed by atoms with E-state index in [1.165, 1.54) is 0 Å². The summed E-state index contributed by atoms with van der Waals surface area (Å²) in [6, 6.07) is 0.343. The number of thiazole rings is 1. The topological polar surface area (TPSA) is 45.7 Å². The average Bonchev–Trinajstić information content (AvgIpc) is 2.71. The predicted octanol–water partition coefficient (Wildman–Crippen LogP) is 2.40. The number of hydrogen-bond acceptors (Lipinski definition) is 6. The molecule has 0 aliphatic rings. The summed E-state index contributed by atoms with van der Waals surface area (Å²) >= 11 is 1.55. The van der Waals surface area contributed by atoms with Crippen LogP contribution in [0.5, 0.6) is 0 Å². The molecular formula is C14H25N3O2S. The molecule has 0 radical (unpaired) electrons. The third-order valence-corrected chi connectivity index (χ3v) is 4.01. The standard InChI is InChI=1S/C14H25N3O2S/c1-7-17(10(3)9-16(5)6)14-15-12(11(4)20-14)13(18)19-8-2/h10H,7-9H2,1-6H3. The van der Waals surface area contributed by atoms with E-state index in [-0.39, 0.29) is 5.97 Å². The highest BCUT2D eigenvalue weighted by atomic mass is 32.1. The first kappa shape index (κ1) is 16.9. The van der Waals surface area contributed by atoms with Crippen LogP contribution in [0.3, 0.4) is 0 Å². The first-order chi connectivity index (χ1) is 9.40. The van der Waals surface area contributed by atoms with E-state index < -0.39 is 0 Å². The molecule has 1 unspecified atom stereocenters. The fourth-order valence-corrected chi connectivity index (χ4v) is 3.22. The Kier molecular flexibility index (Phi) is 6.42. The van der Waals surface area contributed by atoms with Crippen molar-refractivity contribution in [2.45, 2.75) is 33.7 Å². The summed E-state index contributed by atoms with van der Waals surface area (Å²) in [6.07, 6.45) is 0. The molecule has 0 saturated heterocycles. The van der Waals surface area contributed by atoms with E-state index in [4.69, 9.17) is 4.74 Å². The Morgan fingerprint density at radius 2 is 2.05 bits per heavy atom. The molecule has 6 heteroatoms. The number of aryl methyl sites for hydroxylation is 1. The predicted molar refractivity (Wildman–Crippen MR) is 83.8 cm³/mol. The maximum absolute atomic E-state index is 11.8. The van der Waals surface area contributed by atoms with Crippen molar-refractivity contribution in [2.75, 3.05) is 38.7 Å². The number of likely N-dealkylation sites (N-methyl/N-ethyl adjacent to an activating group) is 2. The zero-order valence-corrected chi connectivity index (χ0v) is 14.1. The molecule has 5 nitrogen and oxygen atoms in total. The molecule has 20 heavy (non-hydrogen) atoms. The molecule has 0 aliphatic carbocycles. The Balaban J connectivity index is 2.94. The second kappa shape index (κ2) is 7.59. The van der Waals surface area contributed by atoms with E-state index in [0.717, 1.165) is 23.1 Å². The minimum Gasteiger partial charge on any atom is -0.461 e. The maximum Gasteiger partial charge on any atom is 0.358 e. The van der Waals surface area contributed by atoms with Crippen LogP contribution < -0.4 is 4.90 Å². The third-order valence-electron chi connectivity index (χ3n) is 3.00. The van der Waals surface area contributed by atoms with Gasteiger partial charge in [0, 0.05) is 24.0 Å². The first-order valence-corrected chi connectivity index (χ1v) is 7.78. The van der Waals surface area contributed by atoms with Gasteiger partial charge < -0.3 is 14.5 Å². The molecular weight excluding hydrogens is 274 g/mol. The minimum atomic E-state index is -0.330. The number of esters is 1. The van der Waals surface area contributed by atoms with Crippen LogP contribution in [0.25, 0.3) is 0 Å². The lowest BCUT2D eigenvalue weighted by molar-refractivity contribution is 0.0519. The lowest BCUT2D eigenvalue weighted by atomic mass is 10.3. The Morgan fingerprint density at radius 1 is 1.40 bits per heavy atom. The van der Waals surface area contributed by atoms with Crippen LogP contribution in [0.4, 0.5) is 5.13 Å². The second-order valence-corrected chi connectivity index (χ2v) is 6.20. The van der Waals surface area contributed by atoms with E-state index in [2.05, 4.69) is 42.7 Å². The zero-order chi connectivity index (χ0) is 15.3. The molecule has 0 fully saturated rings. The van der Waals surface area contributed by atoms with E-state index in [1.807, 2.05) is 6.92 Å². The largest absolute Gasteiger partial charge is 0.461 e. The fourth-order valence-electron chi connectivity index (χ4n) is 2.16. The van der Waals surface area contributed by atoms with E-state index in [9.17, 15) is 4.79 Å². The Morgan fingerprint density at radius 3 is 2.55 bits per heavy atom. The monoisotopic (exact) mass is 299 g/mol. The summed E-state index contributed by atoms with van der Waals surface area (Å²) in [7, 11) is 4.11. The van der Waals surface area contributed by atoms with Crippen molar-refractivity contribution in [1.82, 2.24) is 9.88 Å². The van der Waals surface area contributed by atoms with Crippen molar-refractivity contribution in [3.8, 4) is 0 Å². The quantitative estimate of drug-likeness (QED) is 0.724. The lowest BCUT2D eigenvalue weighted by Crippen LogP contribution is -2.40. The zero-order valence-electron chi connectivity index (χ0n) is 13.3. The molecule has 1 aromatic rings. The number of hydrogen-bond donors (Lipinski definition) is 0. The number of rotatable bonds is 7. The van der Waals surface area contributed by atoms with Gasteiger partial charge in [0.25, 0.3) is 0 Å². The third kappa shape index (κ3) is 4.18. The molecule has 0 bridgehead atoms. The van der Waals surface area contributed by atoms with Gasteiger partial charge in [-0.05, 0) is 41.8 Å². The molecule has 0 N–H and O–H groups in total. The van der Waals surface area contributed by atoms with Gasteiger partial charge >= 0.3 is 5.97 Å². The fraction of sp³-hybridized carbons (Fsp3) is 0.714. The molecule has 1 atom stereocenters. The average molecular weight is 299 g/mol. The smallest absolute Gasteiger partial charge is 0.358 e. The van der Waals surface area contributed by atoms with Crippen molar-refractivity contribution in [3.63, 3.8) is 0 Å². The summed E-state index contributed by atoms with van der Waals surface area (Å²) < 4.78 is 5.04. The number of nitrogens with zero attached hydrogens (tertiary/aromatic N) is 3. The maximum atomic E-state index is 11.8. The second-order valence-electron chi connectivity index (χ2n) is 5.02. The van der Waals surface area contributed by atoms with Gasteiger partial charge in [0.1, 0.15) is 0 Å². The summed E-state index contributed by atoms with van der Waals surface area (Å²) in [5.41, 5.74) is 0.447. The summed E-state index contributed by atoms with van der Waals surface area (Å²) in [5.74, 6) is -0.330. The van der Waals surface area contributed by atoms with Crippen molar-refractivity contribution in [2.24, 2.45) is 0 Å². The van der Waals surface area contributed by atoms with Crippen LogP contribution in [-0.4, -0.2) is 55.7 Å². The molecule has 1 heterocycles. The molecule has 0 aliphatic heterocycles. The number of aromatic nitrogens is 1. The van der Waals surface area contributed by atoms with Gasteiger partial charge in [-0.3, -0.25) is 0 Å². The van der Waals surface area contributed by atoms with Crippen LogP contribution in [0.2, 0.25) is 0 Å². The summed E-state index contributed by atoms with van der Waals surface area (Å²) in [6.45, 7) is 10.2. The van der Waals surface area contributed by atoms with Gasteiger partial charge in [-0.25, -0.2) is 9.78 Å². The SMILES string of the molecule is CCOC(=O)c1nc(N(CC)C(C)CN(C)C)sc1C. The van der Waals surface area contributed by atoms with Gasteiger partial charge in [0.15, 0.2) is 10.8 Å². The minimum absolute atomic E-state index is 0.330. The van der Waals surface area contributed by atoms with E-state index >= 15 is 0 Å². The van der Waals surface area contributed by atoms with Crippen molar-refractivity contribution in [1.29, 1.82) is 0 Å². The van der Waals surface area contributed by atoms with Gasteiger partial charge in [-0.2, -0.15) is 0 Å². The van der Waals surface area contributed by atoms with Crippen molar-refractivity contribution < 1.29 is 9.53 Å².